The summed E-state index contributed by atoms with van der Waals surface area (Å²) >= 11 is 6.18. The molecule has 146 valence electrons. The summed E-state index contributed by atoms with van der Waals surface area (Å²) in [7, 11) is 1.64. The normalized spacial score (nSPS) is 10.4. The molecule has 0 unspecified atom stereocenters. The number of aromatic nitrogens is 2. The summed E-state index contributed by atoms with van der Waals surface area (Å²) in [5.74, 6) is 2.84. The third kappa shape index (κ3) is 5.50. The Kier molecular flexibility index (Phi) is 6.55. The first-order valence-electron chi connectivity index (χ1n) is 8.93. The van der Waals surface area contributed by atoms with E-state index in [1.807, 2.05) is 62.4 Å². The van der Waals surface area contributed by atoms with Crippen molar-refractivity contribution >= 4 is 29.1 Å². The SMILES string of the molecule is COc1ccc(OCCNc2cc(C)nc(Nc3ccc(C)c(Cl)c3)n2)cc1. The summed E-state index contributed by atoms with van der Waals surface area (Å²) in [6.45, 7) is 5.00. The molecule has 3 rings (SSSR count). The fourth-order valence-electron chi connectivity index (χ4n) is 2.53. The average Bonchev–Trinajstić information content (AvgIpc) is 2.68. The molecule has 6 nitrogen and oxygen atoms in total. The molecule has 2 N–H and O–H groups in total. The van der Waals surface area contributed by atoms with Crippen LogP contribution in [0.4, 0.5) is 17.5 Å². The van der Waals surface area contributed by atoms with E-state index in [2.05, 4.69) is 20.6 Å². The third-order valence-electron chi connectivity index (χ3n) is 4.02. The molecular weight excluding hydrogens is 376 g/mol. The van der Waals surface area contributed by atoms with E-state index in [1.54, 1.807) is 7.11 Å². The number of rotatable bonds is 8. The van der Waals surface area contributed by atoms with Crippen LogP contribution in [0.5, 0.6) is 11.5 Å². The smallest absolute Gasteiger partial charge is 0.229 e. The topological polar surface area (TPSA) is 68.3 Å². The van der Waals surface area contributed by atoms with Gasteiger partial charge in [-0.05, 0) is 55.8 Å². The maximum atomic E-state index is 6.18. The Morgan fingerprint density at radius 2 is 1.71 bits per heavy atom. The summed E-state index contributed by atoms with van der Waals surface area (Å²) in [5.41, 5.74) is 2.72. The molecule has 3 aromatic rings. The van der Waals surface area contributed by atoms with Crippen LogP contribution in [-0.2, 0) is 0 Å². The molecule has 0 amide bonds. The fourth-order valence-corrected chi connectivity index (χ4v) is 2.72. The zero-order valence-corrected chi connectivity index (χ0v) is 16.9. The largest absolute Gasteiger partial charge is 0.497 e. The van der Waals surface area contributed by atoms with Crippen LogP contribution in [0.15, 0.2) is 48.5 Å². The number of methoxy groups -OCH3 is 1. The highest BCUT2D eigenvalue weighted by Gasteiger charge is 2.05. The zero-order valence-electron chi connectivity index (χ0n) is 16.1. The Labute approximate surface area is 169 Å². The Morgan fingerprint density at radius 3 is 2.43 bits per heavy atom. The van der Waals surface area contributed by atoms with E-state index < -0.39 is 0 Å². The van der Waals surface area contributed by atoms with Crippen LogP contribution in [0.2, 0.25) is 5.02 Å². The molecule has 0 radical (unpaired) electrons. The number of hydrogen-bond acceptors (Lipinski definition) is 6. The van der Waals surface area contributed by atoms with Crippen molar-refractivity contribution < 1.29 is 9.47 Å². The van der Waals surface area contributed by atoms with Crippen molar-refractivity contribution in [2.24, 2.45) is 0 Å². The molecule has 0 atom stereocenters. The highest BCUT2D eigenvalue weighted by atomic mass is 35.5. The standard InChI is InChI=1S/C21H23ClN4O2/c1-14-4-5-16(13-19(14)22)25-21-24-15(2)12-20(26-21)23-10-11-28-18-8-6-17(27-3)7-9-18/h4-9,12-13H,10-11H2,1-3H3,(H2,23,24,25,26). The summed E-state index contributed by atoms with van der Waals surface area (Å²) in [5, 5.41) is 7.15. The second-order valence-corrected chi connectivity index (χ2v) is 6.67. The van der Waals surface area contributed by atoms with Crippen molar-refractivity contribution in [2.45, 2.75) is 13.8 Å². The predicted octanol–water partition coefficient (Wildman–Crippen LogP) is 4.99. The van der Waals surface area contributed by atoms with E-state index in [1.165, 1.54) is 0 Å². The number of nitrogens with zero attached hydrogens (tertiary/aromatic N) is 2. The Balaban J connectivity index is 1.55. The van der Waals surface area contributed by atoms with Gasteiger partial charge in [-0.3, -0.25) is 0 Å². The van der Waals surface area contributed by atoms with Crippen molar-refractivity contribution in [3.63, 3.8) is 0 Å². The number of benzene rings is 2. The van der Waals surface area contributed by atoms with Crippen molar-refractivity contribution in [3.05, 3.63) is 64.8 Å². The molecule has 1 aromatic heterocycles. The minimum absolute atomic E-state index is 0.506. The molecule has 2 aromatic carbocycles. The molecule has 0 spiro atoms. The number of aryl methyl sites for hydroxylation is 2. The first-order chi connectivity index (χ1) is 13.5. The summed E-state index contributed by atoms with van der Waals surface area (Å²) < 4.78 is 10.9. The average molecular weight is 399 g/mol. The van der Waals surface area contributed by atoms with Gasteiger partial charge in [0, 0.05) is 22.5 Å². The number of hydrogen-bond donors (Lipinski definition) is 2. The van der Waals surface area contributed by atoms with E-state index in [0.29, 0.717) is 24.1 Å². The molecule has 0 aliphatic carbocycles. The van der Waals surface area contributed by atoms with Crippen molar-refractivity contribution in [1.29, 1.82) is 0 Å². The van der Waals surface area contributed by atoms with Gasteiger partial charge in [-0.15, -0.1) is 0 Å². The second-order valence-electron chi connectivity index (χ2n) is 6.26. The van der Waals surface area contributed by atoms with Crippen LogP contribution in [0.25, 0.3) is 0 Å². The monoisotopic (exact) mass is 398 g/mol. The van der Waals surface area contributed by atoms with E-state index >= 15 is 0 Å². The van der Waals surface area contributed by atoms with Crippen LogP contribution in [0.1, 0.15) is 11.3 Å². The second kappa shape index (κ2) is 9.28. The Morgan fingerprint density at radius 1 is 0.964 bits per heavy atom. The number of anilines is 3. The zero-order chi connectivity index (χ0) is 19.9. The van der Waals surface area contributed by atoms with Crippen molar-refractivity contribution in [2.75, 3.05) is 30.9 Å². The van der Waals surface area contributed by atoms with Crippen LogP contribution in [-0.4, -0.2) is 30.2 Å². The van der Waals surface area contributed by atoms with Gasteiger partial charge in [0.2, 0.25) is 5.95 Å². The highest BCUT2D eigenvalue weighted by molar-refractivity contribution is 6.31. The van der Waals surface area contributed by atoms with Crippen molar-refractivity contribution in [3.8, 4) is 11.5 Å². The molecule has 0 aliphatic heterocycles. The molecular formula is C21H23ClN4O2. The first kappa shape index (κ1) is 19.8. The highest BCUT2D eigenvalue weighted by Crippen LogP contribution is 2.22. The lowest BCUT2D eigenvalue weighted by Gasteiger charge is -2.11. The molecule has 0 saturated heterocycles. The van der Waals surface area contributed by atoms with Gasteiger partial charge in [0.25, 0.3) is 0 Å². The van der Waals surface area contributed by atoms with E-state index in [0.717, 1.165) is 34.3 Å². The minimum atomic E-state index is 0.506. The predicted molar refractivity (Wildman–Crippen MR) is 113 cm³/mol. The van der Waals surface area contributed by atoms with Gasteiger partial charge in [-0.1, -0.05) is 17.7 Å². The lowest BCUT2D eigenvalue weighted by atomic mass is 10.2. The van der Waals surface area contributed by atoms with Gasteiger partial charge < -0.3 is 20.1 Å². The van der Waals surface area contributed by atoms with Gasteiger partial charge in [0.05, 0.1) is 13.7 Å². The summed E-state index contributed by atoms with van der Waals surface area (Å²) in [6, 6.07) is 15.1. The quantitative estimate of drug-likeness (QED) is 0.521. The Hall–Kier alpha value is -2.99. The maximum Gasteiger partial charge on any atom is 0.229 e. The molecule has 7 heteroatoms. The summed E-state index contributed by atoms with van der Waals surface area (Å²) in [4.78, 5) is 8.92. The van der Waals surface area contributed by atoms with Crippen LogP contribution in [0.3, 0.4) is 0 Å². The molecule has 0 bridgehead atoms. The third-order valence-corrected chi connectivity index (χ3v) is 4.43. The molecule has 0 aliphatic rings. The fraction of sp³-hybridized carbons (Fsp3) is 0.238. The van der Waals surface area contributed by atoms with Crippen LogP contribution in [0, 0.1) is 13.8 Å². The van der Waals surface area contributed by atoms with E-state index in [4.69, 9.17) is 21.1 Å². The number of ether oxygens (including phenoxy) is 2. The van der Waals surface area contributed by atoms with Gasteiger partial charge in [0.15, 0.2) is 0 Å². The molecule has 1 heterocycles. The van der Waals surface area contributed by atoms with Crippen molar-refractivity contribution in [1.82, 2.24) is 9.97 Å². The molecule has 28 heavy (non-hydrogen) atoms. The van der Waals surface area contributed by atoms with E-state index in [-0.39, 0.29) is 0 Å². The van der Waals surface area contributed by atoms with Gasteiger partial charge >= 0.3 is 0 Å². The number of halogens is 1. The first-order valence-corrected chi connectivity index (χ1v) is 9.31. The minimum Gasteiger partial charge on any atom is -0.497 e. The van der Waals surface area contributed by atoms with Crippen LogP contribution >= 0.6 is 11.6 Å². The lowest BCUT2D eigenvalue weighted by molar-refractivity contribution is 0.331. The number of nitrogens with one attached hydrogen (secondary N) is 2. The van der Waals surface area contributed by atoms with Gasteiger partial charge in [-0.25, -0.2) is 4.98 Å². The van der Waals surface area contributed by atoms with Gasteiger partial charge in [-0.2, -0.15) is 4.98 Å². The maximum absolute atomic E-state index is 6.18. The lowest BCUT2D eigenvalue weighted by Crippen LogP contribution is -2.13. The van der Waals surface area contributed by atoms with Crippen LogP contribution < -0.4 is 20.1 Å². The Bertz CT molecular complexity index is 932. The summed E-state index contributed by atoms with van der Waals surface area (Å²) in [6.07, 6.45) is 0. The van der Waals surface area contributed by atoms with E-state index in [9.17, 15) is 0 Å². The molecule has 0 saturated carbocycles. The molecule has 0 fully saturated rings. The van der Waals surface area contributed by atoms with Gasteiger partial charge in [0.1, 0.15) is 23.9 Å².